The van der Waals surface area contributed by atoms with Gasteiger partial charge in [0.25, 0.3) is 11.7 Å². The molecule has 0 heterocycles. The summed E-state index contributed by atoms with van der Waals surface area (Å²) >= 11 is 0. The highest BCUT2D eigenvalue weighted by atomic mass is 19.2. The van der Waals surface area contributed by atoms with Gasteiger partial charge in [-0.2, -0.15) is 0 Å². The van der Waals surface area contributed by atoms with E-state index in [1.165, 1.54) is 7.05 Å². The highest BCUT2D eigenvalue weighted by Crippen LogP contribution is 2.22. The van der Waals surface area contributed by atoms with Gasteiger partial charge in [-0.05, 0) is 6.42 Å². The number of rotatable bonds is 8. The molecule has 5 nitrogen and oxygen atoms in total. The van der Waals surface area contributed by atoms with Gasteiger partial charge in [-0.3, -0.25) is 10.1 Å². The van der Waals surface area contributed by atoms with E-state index in [0.717, 1.165) is 19.3 Å². The number of carbonyl (C=O) groups is 2. The summed E-state index contributed by atoms with van der Waals surface area (Å²) in [5.74, 6) is -4.69. The third kappa shape index (κ3) is 4.85. The Kier molecular flexibility index (Phi) is 7.23. The van der Waals surface area contributed by atoms with Crippen LogP contribution in [0.2, 0.25) is 0 Å². The Morgan fingerprint density at radius 1 is 1.33 bits per heavy atom. The Hall–Kier alpha value is -1.40. The number of hydrogen-bond donors (Lipinski definition) is 3. The quantitative estimate of drug-likeness (QED) is 0.457. The average molecular weight is 265 g/mol. The lowest BCUT2D eigenvalue weighted by Crippen LogP contribution is -2.61. The molecule has 0 aromatic carbocycles. The maximum absolute atomic E-state index is 14.0. The molecule has 0 fully saturated rings. The van der Waals surface area contributed by atoms with E-state index in [0.29, 0.717) is 6.42 Å². The van der Waals surface area contributed by atoms with Crippen LogP contribution in [0.25, 0.3) is 0 Å². The van der Waals surface area contributed by atoms with Crippen LogP contribution in [-0.4, -0.2) is 31.0 Å². The summed E-state index contributed by atoms with van der Waals surface area (Å²) in [6, 6.07) is -0.993. The van der Waals surface area contributed by atoms with Crippen LogP contribution in [-0.2, 0) is 4.79 Å². The van der Waals surface area contributed by atoms with Crippen molar-refractivity contribution in [2.24, 2.45) is 5.73 Å². The number of primary amides is 1. The van der Waals surface area contributed by atoms with Crippen molar-refractivity contribution >= 4 is 11.9 Å². The van der Waals surface area contributed by atoms with Gasteiger partial charge < -0.3 is 11.1 Å². The third-order valence-electron chi connectivity index (χ3n) is 2.62. The SMILES string of the molecule is CCCCCCC(F)C(F)(NC(=O)NC)C(N)=O. The summed E-state index contributed by atoms with van der Waals surface area (Å²) in [6.07, 6.45) is 0.734. The summed E-state index contributed by atoms with van der Waals surface area (Å²) in [5, 5.41) is 3.66. The molecule has 0 rings (SSSR count). The Bertz CT molecular complexity index is 289. The Labute approximate surface area is 105 Å². The van der Waals surface area contributed by atoms with Gasteiger partial charge in [0.05, 0.1) is 0 Å². The first-order chi connectivity index (χ1) is 8.38. The van der Waals surface area contributed by atoms with Crippen molar-refractivity contribution in [3.05, 3.63) is 0 Å². The van der Waals surface area contributed by atoms with E-state index in [1.54, 1.807) is 5.32 Å². The fraction of sp³-hybridized carbons (Fsp3) is 0.818. The van der Waals surface area contributed by atoms with Crippen LogP contribution >= 0.6 is 0 Å². The zero-order valence-electron chi connectivity index (χ0n) is 10.8. The summed E-state index contributed by atoms with van der Waals surface area (Å²) in [7, 11) is 1.23. The van der Waals surface area contributed by atoms with Crippen molar-refractivity contribution in [2.45, 2.75) is 51.0 Å². The number of unbranched alkanes of at least 4 members (excludes halogenated alkanes) is 3. The topological polar surface area (TPSA) is 84.2 Å². The molecule has 0 spiro atoms. The Morgan fingerprint density at radius 2 is 1.94 bits per heavy atom. The molecule has 0 aliphatic carbocycles. The molecule has 0 bridgehead atoms. The summed E-state index contributed by atoms with van der Waals surface area (Å²) < 4.78 is 27.7. The molecule has 4 N–H and O–H groups in total. The molecule has 18 heavy (non-hydrogen) atoms. The van der Waals surface area contributed by atoms with Gasteiger partial charge in [-0.1, -0.05) is 32.6 Å². The highest BCUT2D eigenvalue weighted by Gasteiger charge is 2.46. The monoisotopic (exact) mass is 265 g/mol. The number of nitrogens with two attached hydrogens (primary N) is 1. The molecule has 3 amide bonds. The van der Waals surface area contributed by atoms with Crippen LogP contribution in [0.5, 0.6) is 0 Å². The zero-order valence-corrected chi connectivity index (χ0v) is 10.8. The fourth-order valence-corrected chi connectivity index (χ4v) is 1.47. The highest BCUT2D eigenvalue weighted by molar-refractivity contribution is 5.88. The maximum Gasteiger partial charge on any atom is 0.317 e. The van der Waals surface area contributed by atoms with Crippen LogP contribution in [0.1, 0.15) is 39.0 Å². The lowest BCUT2D eigenvalue weighted by Gasteiger charge is -2.26. The van der Waals surface area contributed by atoms with E-state index < -0.39 is 23.9 Å². The van der Waals surface area contributed by atoms with E-state index in [4.69, 9.17) is 5.73 Å². The average Bonchev–Trinajstić information content (AvgIpc) is 2.33. The third-order valence-corrected chi connectivity index (χ3v) is 2.62. The minimum atomic E-state index is -3.16. The maximum atomic E-state index is 14.0. The van der Waals surface area contributed by atoms with Gasteiger partial charge in [-0.15, -0.1) is 0 Å². The van der Waals surface area contributed by atoms with Crippen LogP contribution < -0.4 is 16.4 Å². The second kappa shape index (κ2) is 7.84. The predicted octanol–water partition coefficient (Wildman–Crippen LogP) is 1.38. The fourth-order valence-electron chi connectivity index (χ4n) is 1.47. The molecule has 0 aliphatic rings. The largest absolute Gasteiger partial charge is 0.365 e. The van der Waals surface area contributed by atoms with Crippen molar-refractivity contribution in [3.63, 3.8) is 0 Å². The summed E-state index contributed by atoms with van der Waals surface area (Å²) in [5.41, 5.74) is 4.81. The normalized spacial score (nSPS) is 15.6. The number of urea groups is 1. The number of carbonyl (C=O) groups excluding carboxylic acids is 2. The van der Waals surface area contributed by atoms with Gasteiger partial charge in [-0.25, -0.2) is 13.6 Å². The molecule has 0 aromatic rings. The van der Waals surface area contributed by atoms with Gasteiger partial charge in [0.15, 0.2) is 6.17 Å². The first-order valence-corrected chi connectivity index (χ1v) is 6.01. The molecule has 0 saturated carbocycles. The van der Waals surface area contributed by atoms with Gasteiger partial charge in [0.1, 0.15) is 0 Å². The number of halogens is 2. The van der Waals surface area contributed by atoms with Crippen LogP contribution in [0, 0.1) is 0 Å². The van der Waals surface area contributed by atoms with Crippen LogP contribution in [0.4, 0.5) is 13.6 Å². The van der Waals surface area contributed by atoms with E-state index in [2.05, 4.69) is 0 Å². The van der Waals surface area contributed by atoms with E-state index in [9.17, 15) is 18.4 Å². The minimum Gasteiger partial charge on any atom is -0.365 e. The number of nitrogens with one attached hydrogen (secondary N) is 2. The van der Waals surface area contributed by atoms with Crippen molar-refractivity contribution in [2.75, 3.05) is 7.05 Å². The second-order valence-corrected chi connectivity index (χ2v) is 4.10. The summed E-state index contributed by atoms with van der Waals surface area (Å²) in [6.45, 7) is 1.99. The molecule has 2 unspecified atom stereocenters. The smallest absolute Gasteiger partial charge is 0.317 e. The Balaban J connectivity index is 4.47. The number of hydrogen-bond acceptors (Lipinski definition) is 2. The number of amides is 3. The number of alkyl halides is 2. The molecular formula is C11H21F2N3O2. The Morgan fingerprint density at radius 3 is 2.39 bits per heavy atom. The van der Waals surface area contributed by atoms with Crippen molar-refractivity contribution in [1.82, 2.24) is 10.6 Å². The van der Waals surface area contributed by atoms with E-state index >= 15 is 0 Å². The molecule has 106 valence electrons. The molecule has 0 aliphatic heterocycles. The molecular weight excluding hydrogens is 244 g/mol. The second-order valence-electron chi connectivity index (χ2n) is 4.10. The van der Waals surface area contributed by atoms with Crippen LogP contribution in [0.15, 0.2) is 0 Å². The van der Waals surface area contributed by atoms with Gasteiger partial charge in [0, 0.05) is 7.05 Å². The predicted molar refractivity (Wildman–Crippen MR) is 64.3 cm³/mol. The molecule has 0 aromatic heterocycles. The molecule has 0 saturated heterocycles. The van der Waals surface area contributed by atoms with Crippen molar-refractivity contribution < 1.29 is 18.4 Å². The summed E-state index contributed by atoms with van der Waals surface area (Å²) in [4.78, 5) is 21.9. The lowest BCUT2D eigenvalue weighted by atomic mass is 10.0. The first-order valence-electron chi connectivity index (χ1n) is 6.01. The van der Waals surface area contributed by atoms with E-state index in [-0.39, 0.29) is 6.42 Å². The standard InChI is InChI=1S/C11H21F2N3O2/c1-3-4-5-6-7-8(12)11(13,9(14)17)16-10(18)15-2/h8H,3-7H2,1-2H3,(H2,14,17)(H2,15,16,18). The van der Waals surface area contributed by atoms with Crippen molar-refractivity contribution in [3.8, 4) is 0 Å². The van der Waals surface area contributed by atoms with Gasteiger partial charge in [0.2, 0.25) is 0 Å². The zero-order chi connectivity index (χ0) is 14.2. The van der Waals surface area contributed by atoms with Crippen molar-refractivity contribution in [1.29, 1.82) is 0 Å². The first kappa shape index (κ1) is 16.6. The lowest BCUT2D eigenvalue weighted by molar-refractivity contribution is -0.136. The molecule has 2 atom stereocenters. The molecule has 0 radical (unpaired) electrons. The molecule has 7 heteroatoms. The van der Waals surface area contributed by atoms with Crippen LogP contribution in [0.3, 0.4) is 0 Å². The minimum absolute atomic E-state index is 0.163. The van der Waals surface area contributed by atoms with Gasteiger partial charge >= 0.3 is 6.03 Å². The van der Waals surface area contributed by atoms with E-state index in [1.807, 2.05) is 12.2 Å².